The molecule has 0 unspecified atom stereocenters. The first-order chi connectivity index (χ1) is 19.7. The van der Waals surface area contributed by atoms with E-state index in [0.717, 1.165) is 69.6 Å². The third-order valence-electron chi connectivity index (χ3n) is 7.29. The highest BCUT2D eigenvalue weighted by Gasteiger charge is 2.26. The van der Waals surface area contributed by atoms with E-state index in [4.69, 9.17) is 10.1 Å². The number of rotatable bonds is 9. The normalized spacial score (nSPS) is 14.5. The third kappa shape index (κ3) is 6.23. The minimum absolute atomic E-state index is 0.0131. The number of halogens is 1. The molecule has 1 aliphatic rings. The lowest BCUT2D eigenvalue weighted by molar-refractivity contribution is -0.139. The van der Waals surface area contributed by atoms with Gasteiger partial charge in [0.2, 0.25) is 5.82 Å². The monoisotopic (exact) mass is 557 g/mol. The van der Waals surface area contributed by atoms with Crippen molar-refractivity contribution in [1.82, 2.24) is 25.6 Å². The van der Waals surface area contributed by atoms with E-state index in [9.17, 15) is 19.4 Å². The van der Waals surface area contributed by atoms with Gasteiger partial charge in [0.1, 0.15) is 5.82 Å². The van der Waals surface area contributed by atoms with Crippen LogP contribution in [0.5, 0.6) is 0 Å². The summed E-state index contributed by atoms with van der Waals surface area (Å²) in [7, 11) is 0. The number of aromatic amines is 1. The smallest absolute Gasteiger partial charge is 0.305 e. The van der Waals surface area contributed by atoms with E-state index in [1.165, 1.54) is 12.1 Å². The summed E-state index contributed by atoms with van der Waals surface area (Å²) in [6.07, 6.45) is 2.99. The van der Waals surface area contributed by atoms with Crippen LogP contribution in [0.25, 0.3) is 39.8 Å². The second-order valence-electron chi connectivity index (χ2n) is 10.6. The van der Waals surface area contributed by atoms with E-state index in [1.807, 2.05) is 26.0 Å². The van der Waals surface area contributed by atoms with Gasteiger partial charge in [0.15, 0.2) is 0 Å². The quantitative estimate of drug-likeness (QED) is 0.226. The predicted octanol–water partition coefficient (Wildman–Crippen LogP) is 4.95. The molecule has 2 aromatic heterocycles. The maximum Gasteiger partial charge on any atom is 0.305 e. The number of carboxylic acid groups (broad SMARTS) is 1. The van der Waals surface area contributed by atoms with Crippen LogP contribution in [0.3, 0.4) is 0 Å². The number of aryl methyl sites for hydroxylation is 1. The van der Waals surface area contributed by atoms with Crippen LogP contribution in [0.4, 0.5) is 4.39 Å². The van der Waals surface area contributed by atoms with Gasteiger partial charge in [-0.25, -0.2) is 4.39 Å². The van der Waals surface area contributed by atoms with Gasteiger partial charge in [0.05, 0.1) is 30.0 Å². The number of pyridine rings is 1. The summed E-state index contributed by atoms with van der Waals surface area (Å²) in [5.74, 6) is -0.932. The Morgan fingerprint density at radius 3 is 2.54 bits per heavy atom. The first kappa shape index (κ1) is 28.3. The summed E-state index contributed by atoms with van der Waals surface area (Å²) < 4.78 is 14.0. The first-order valence-electron chi connectivity index (χ1n) is 13.7. The highest BCUT2D eigenvalue weighted by Crippen LogP contribution is 2.42. The standard InChI is InChI=1S/C31H32FN5O4/c1-17(2)29-26(13-11-22(38)15-23(39)16-27(40)41)28(18-6-9-21(32)10-7-18)25-5-3-4-19-14-20(31-34-36-37-35-31)8-12-24(19)30(25)33-29/h6-14,17,22-23,38-39H,3-5,15-16H2,1-2H3,(H,40,41)(H,34,35,36,37)/b13-11+/t22-,23-/m1/s1. The molecule has 5 rings (SSSR count). The number of benzene rings is 2. The molecule has 212 valence electrons. The molecule has 2 heterocycles. The Kier molecular flexibility index (Phi) is 8.32. The fraction of sp³-hybridized carbons (Fsp3) is 0.323. The average Bonchev–Trinajstić information content (AvgIpc) is 3.40. The maximum atomic E-state index is 14.0. The molecule has 4 N–H and O–H groups in total. The van der Waals surface area contributed by atoms with Crippen molar-refractivity contribution in [1.29, 1.82) is 0 Å². The van der Waals surface area contributed by atoms with Crippen LogP contribution in [0.2, 0.25) is 0 Å². The third-order valence-corrected chi connectivity index (χ3v) is 7.29. The van der Waals surface area contributed by atoms with Gasteiger partial charge in [0, 0.05) is 23.1 Å². The lowest BCUT2D eigenvalue weighted by atomic mass is 9.86. The fourth-order valence-electron chi connectivity index (χ4n) is 5.44. The average molecular weight is 558 g/mol. The first-order valence-corrected chi connectivity index (χ1v) is 13.7. The number of nitrogens with one attached hydrogen (secondary N) is 1. The molecule has 41 heavy (non-hydrogen) atoms. The number of fused-ring (bicyclic) bond motifs is 3. The van der Waals surface area contributed by atoms with Crippen LogP contribution in [-0.4, -0.2) is 59.1 Å². The molecule has 0 amide bonds. The van der Waals surface area contributed by atoms with Crippen molar-refractivity contribution < 1.29 is 24.5 Å². The number of hydrogen-bond donors (Lipinski definition) is 4. The van der Waals surface area contributed by atoms with Gasteiger partial charge in [-0.05, 0) is 70.8 Å². The second-order valence-corrected chi connectivity index (χ2v) is 10.6. The molecule has 1 aliphatic carbocycles. The Morgan fingerprint density at radius 1 is 1.10 bits per heavy atom. The van der Waals surface area contributed by atoms with Gasteiger partial charge in [0.25, 0.3) is 0 Å². The Balaban J connectivity index is 1.67. The molecular formula is C31H32FN5O4. The van der Waals surface area contributed by atoms with Crippen LogP contribution in [0.1, 0.15) is 61.4 Å². The minimum Gasteiger partial charge on any atom is -0.481 e. The zero-order valence-corrected chi connectivity index (χ0v) is 22.9. The molecule has 0 aliphatic heterocycles. The maximum absolute atomic E-state index is 14.0. The molecule has 10 heteroatoms. The number of tetrazole rings is 1. The second kappa shape index (κ2) is 12.1. The zero-order valence-electron chi connectivity index (χ0n) is 22.9. The van der Waals surface area contributed by atoms with Crippen molar-refractivity contribution in [3.63, 3.8) is 0 Å². The predicted molar refractivity (Wildman–Crippen MR) is 152 cm³/mol. The lowest BCUT2D eigenvalue weighted by Gasteiger charge is -2.22. The summed E-state index contributed by atoms with van der Waals surface area (Å²) in [5.41, 5.74) is 8.29. The lowest BCUT2D eigenvalue weighted by Crippen LogP contribution is -2.19. The summed E-state index contributed by atoms with van der Waals surface area (Å²) in [6.45, 7) is 4.09. The number of aliphatic hydroxyl groups excluding tert-OH is 2. The van der Waals surface area contributed by atoms with Gasteiger partial charge in [-0.2, -0.15) is 5.21 Å². The molecule has 0 saturated heterocycles. The van der Waals surface area contributed by atoms with E-state index >= 15 is 0 Å². The van der Waals surface area contributed by atoms with Crippen molar-refractivity contribution in [3.8, 4) is 33.8 Å². The van der Waals surface area contributed by atoms with Gasteiger partial charge in [-0.15, -0.1) is 10.2 Å². The van der Waals surface area contributed by atoms with Crippen molar-refractivity contribution in [3.05, 3.63) is 76.7 Å². The molecule has 0 fully saturated rings. The number of aliphatic hydroxyl groups is 2. The van der Waals surface area contributed by atoms with Crippen LogP contribution in [0, 0.1) is 5.82 Å². The summed E-state index contributed by atoms with van der Waals surface area (Å²) in [5, 5.41) is 44.0. The summed E-state index contributed by atoms with van der Waals surface area (Å²) in [6, 6.07) is 12.5. The molecule has 0 bridgehead atoms. The van der Waals surface area contributed by atoms with Gasteiger partial charge >= 0.3 is 5.97 Å². The Hall–Kier alpha value is -4.28. The number of aliphatic carboxylic acids is 1. The van der Waals surface area contributed by atoms with Crippen molar-refractivity contribution in [2.24, 2.45) is 0 Å². The van der Waals surface area contributed by atoms with E-state index in [2.05, 4.69) is 26.7 Å². The van der Waals surface area contributed by atoms with E-state index in [-0.39, 0.29) is 18.2 Å². The van der Waals surface area contributed by atoms with Crippen molar-refractivity contribution in [2.45, 2.75) is 64.1 Å². The van der Waals surface area contributed by atoms with E-state index < -0.39 is 24.6 Å². The molecule has 2 atom stereocenters. The molecule has 2 aromatic carbocycles. The Morgan fingerprint density at radius 2 is 1.85 bits per heavy atom. The minimum atomic E-state index is -1.17. The van der Waals surface area contributed by atoms with E-state index in [0.29, 0.717) is 5.82 Å². The Bertz CT molecular complexity index is 1570. The highest BCUT2D eigenvalue weighted by molar-refractivity contribution is 5.86. The number of hydrogen-bond acceptors (Lipinski definition) is 7. The fourth-order valence-corrected chi connectivity index (χ4v) is 5.44. The van der Waals surface area contributed by atoms with Crippen LogP contribution in [-0.2, 0) is 17.6 Å². The topological polar surface area (TPSA) is 145 Å². The van der Waals surface area contributed by atoms with Gasteiger partial charge in [-0.1, -0.05) is 50.3 Å². The molecule has 4 aromatic rings. The number of carbonyl (C=O) groups is 1. The highest BCUT2D eigenvalue weighted by atomic mass is 19.1. The SMILES string of the molecule is CC(C)c1nc2c(c(-c3ccc(F)cc3)c1/C=C/[C@@H](O)C[C@@H](O)CC(=O)O)CCCc1cc(-c3nn[nH]n3)ccc1-2. The Labute approximate surface area is 236 Å². The number of aromatic nitrogens is 5. The molecule has 0 saturated carbocycles. The molecule has 0 radical (unpaired) electrons. The van der Waals surface area contributed by atoms with Crippen LogP contribution in [0.15, 0.2) is 48.5 Å². The van der Waals surface area contributed by atoms with Crippen molar-refractivity contribution in [2.75, 3.05) is 0 Å². The van der Waals surface area contributed by atoms with Gasteiger partial charge < -0.3 is 15.3 Å². The largest absolute Gasteiger partial charge is 0.481 e. The molecule has 9 nitrogen and oxygen atoms in total. The summed E-state index contributed by atoms with van der Waals surface area (Å²) in [4.78, 5) is 16.1. The summed E-state index contributed by atoms with van der Waals surface area (Å²) >= 11 is 0. The number of nitrogens with zero attached hydrogens (tertiary/aromatic N) is 4. The van der Waals surface area contributed by atoms with Crippen LogP contribution >= 0.6 is 0 Å². The zero-order chi connectivity index (χ0) is 29.1. The number of H-pyrrole nitrogens is 1. The number of carboxylic acids is 1. The molecular weight excluding hydrogens is 525 g/mol. The van der Waals surface area contributed by atoms with Crippen molar-refractivity contribution >= 4 is 12.0 Å². The van der Waals surface area contributed by atoms with Crippen LogP contribution < -0.4 is 0 Å². The van der Waals surface area contributed by atoms with E-state index in [1.54, 1.807) is 24.3 Å². The van der Waals surface area contributed by atoms with Gasteiger partial charge in [-0.3, -0.25) is 9.78 Å². The molecule has 0 spiro atoms.